The van der Waals surface area contributed by atoms with E-state index in [-0.39, 0.29) is 5.43 Å². The van der Waals surface area contributed by atoms with Gasteiger partial charge >= 0.3 is 0 Å². The predicted molar refractivity (Wildman–Crippen MR) is 112 cm³/mol. The molecule has 0 saturated heterocycles. The molecule has 0 fully saturated rings. The third-order valence-electron chi connectivity index (χ3n) is 5.84. The van der Waals surface area contributed by atoms with E-state index in [1.807, 2.05) is 36.4 Å². The van der Waals surface area contributed by atoms with Crippen molar-refractivity contribution in [3.63, 3.8) is 0 Å². The van der Waals surface area contributed by atoms with E-state index in [0.717, 1.165) is 10.8 Å². The highest BCUT2D eigenvalue weighted by Gasteiger charge is 2.44. The van der Waals surface area contributed by atoms with Gasteiger partial charge in [-0.1, -0.05) is 30.3 Å². The van der Waals surface area contributed by atoms with Crippen LogP contribution in [0, 0.1) is 0 Å². The molecule has 0 saturated carbocycles. The van der Waals surface area contributed by atoms with Crippen LogP contribution in [0.2, 0.25) is 0 Å². The number of aromatic amines is 1. The zero-order chi connectivity index (χ0) is 20.5. The number of fused-ring (bicyclic) bond motifs is 6. The van der Waals surface area contributed by atoms with Crippen molar-refractivity contribution in [3.05, 3.63) is 58.3 Å². The fourth-order valence-electron chi connectivity index (χ4n) is 4.31. The van der Waals surface area contributed by atoms with Gasteiger partial charge in [0, 0.05) is 11.6 Å². The minimum atomic E-state index is -1.21. The second kappa shape index (κ2) is 5.95. The third kappa shape index (κ3) is 2.39. The lowest BCUT2D eigenvalue weighted by atomic mass is 9.87. The molecule has 3 N–H and O–H groups in total. The summed E-state index contributed by atoms with van der Waals surface area (Å²) in [6.07, 6.45) is -2.36. The Bertz CT molecular complexity index is 1350. The number of hydrogen-bond donors (Lipinski definition) is 3. The number of rotatable bonds is 1. The number of aliphatic hydroxyl groups is 2. The quantitative estimate of drug-likeness (QED) is 0.342. The first kappa shape index (κ1) is 18.0. The number of benzene rings is 3. The number of aliphatic hydroxyl groups excluding tert-OH is 2. The molecule has 1 aliphatic heterocycles. The number of methoxy groups -OCH3 is 1. The minimum Gasteiger partial charge on any atom is -0.496 e. The highest BCUT2D eigenvalue weighted by Crippen LogP contribution is 2.45. The molecule has 6 nitrogen and oxygen atoms in total. The Labute approximate surface area is 166 Å². The summed E-state index contributed by atoms with van der Waals surface area (Å²) in [5, 5.41) is 24.1. The molecule has 0 unspecified atom stereocenters. The van der Waals surface area contributed by atoms with Crippen LogP contribution in [0.5, 0.6) is 11.5 Å². The molecule has 0 bridgehead atoms. The van der Waals surface area contributed by atoms with E-state index in [9.17, 15) is 15.0 Å². The van der Waals surface area contributed by atoms with Crippen molar-refractivity contribution in [2.45, 2.75) is 31.7 Å². The summed E-state index contributed by atoms with van der Waals surface area (Å²) in [4.78, 5) is 16.9. The van der Waals surface area contributed by atoms with Crippen LogP contribution < -0.4 is 14.9 Å². The molecule has 6 heteroatoms. The molecule has 29 heavy (non-hydrogen) atoms. The first-order valence-corrected chi connectivity index (χ1v) is 9.47. The fourth-order valence-corrected chi connectivity index (χ4v) is 4.31. The van der Waals surface area contributed by atoms with Crippen LogP contribution in [0.3, 0.4) is 0 Å². The Morgan fingerprint density at radius 3 is 2.62 bits per heavy atom. The molecule has 0 amide bonds. The number of hydrogen-bond acceptors (Lipinski definition) is 5. The maximum Gasteiger partial charge on any atom is 0.201 e. The second-order valence-corrected chi connectivity index (χ2v) is 8.00. The van der Waals surface area contributed by atoms with Crippen molar-refractivity contribution in [3.8, 4) is 11.5 Å². The van der Waals surface area contributed by atoms with Crippen LogP contribution in [0.15, 0.2) is 47.3 Å². The average Bonchev–Trinajstić information content (AvgIpc) is 2.70. The first-order valence-electron chi connectivity index (χ1n) is 9.47. The van der Waals surface area contributed by atoms with Crippen molar-refractivity contribution >= 4 is 32.6 Å². The van der Waals surface area contributed by atoms with Gasteiger partial charge in [-0.3, -0.25) is 4.79 Å². The minimum absolute atomic E-state index is 0.197. The summed E-state index contributed by atoms with van der Waals surface area (Å²) >= 11 is 0. The highest BCUT2D eigenvalue weighted by atomic mass is 16.5. The number of H-pyrrole nitrogens is 1. The number of pyridine rings is 1. The monoisotopic (exact) mass is 391 g/mol. The molecule has 1 aliphatic rings. The van der Waals surface area contributed by atoms with E-state index < -0.39 is 17.8 Å². The molecule has 0 spiro atoms. The number of nitrogens with one attached hydrogen (secondary N) is 1. The smallest absolute Gasteiger partial charge is 0.201 e. The lowest BCUT2D eigenvalue weighted by Crippen LogP contribution is -2.48. The van der Waals surface area contributed by atoms with Crippen molar-refractivity contribution < 1.29 is 19.7 Å². The molecule has 2 heterocycles. The topological polar surface area (TPSA) is 91.8 Å². The molecule has 2 atom stereocenters. The van der Waals surface area contributed by atoms with Gasteiger partial charge in [0.05, 0.1) is 28.9 Å². The van der Waals surface area contributed by atoms with Gasteiger partial charge < -0.3 is 24.7 Å². The Morgan fingerprint density at radius 1 is 1.10 bits per heavy atom. The average molecular weight is 391 g/mol. The van der Waals surface area contributed by atoms with Crippen molar-refractivity contribution in [2.24, 2.45) is 0 Å². The molecule has 3 aromatic carbocycles. The van der Waals surface area contributed by atoms with Crippen molar-refractivity contribution in [1.29, 1.82) is 0 Å². The van der Waals surface area contributed by atoms with Crippen molar-refractivity contribution in [1.82, 2.24) is 4.98 Å². The predicted octanol–water partition coefficient (Wildman–Crippen LogP) is 3.41. The van der Waals surface area contributed by atoms with E-state index in [4.69, 9.17) is 9.47 Å². The summed E-state index contributed by atoms with van der Waals surface area (Å²) in [7, 11) is 1.49. The van der Waals surface area contributed by atoms with Gasteiger partial charge in [0.2, 0.25) is 5.43 Å². The van der Waals surface area contributed by atoms with Crippen LogP contribution in [0.1, 0.15) is 25.5 Å². The molecule has 1 aromatic heterocycles. The van der Waals surface area contributed by atoms with Crippen LogP contribution in [-0.2, 0) is 0 Å². The molecular formula is C23H21NO5. The number of ether oxygens (including phenoxy) is 2. The van der Waals surface area contributed by atoms with Crippen molar-refractivity contribution in [2.75, 3.05) is 7.11 Å². The van der Waals surface area contributed by atoms with Crippen LogP contribution in [0.4, 0.5) is 0 Å². The maximum atomic E-state index is 13.6. The zero-order valence-corrected chi connectivity index (χ0v) is 16.3. The van der Waals surface area contributed by atoms with E-state index in [2.05, 4.69) is 4.98 Å². The normalized spacial score (nSPS) is 20.6. The third-order valence-corrected chi connectivity index (χ3v) is 5.84. The van der Waals surface area contributed by atoms with Gasteiger partial charge in [0.25, 0.3) is 0 Å². The molecule has 4 aromatic rings. The van der Waals surface area contributed by atoms with Gasteiger partial charge in [-0.15, -0.1) is 0 Å². The Hall–Kier alpha value is -3.09. The summed E-state index contributed by atoms with van der Waals surface area (Å²) < 4.78 is 11.5. The molecular weight excluding hydrogens is 370 g/mol. The van der Waals surface area contributed by atoms with Gasteiger partial charge in [-0.2, -0.15) is 0 Å². The maximum absolute atomic E-state index is 13.6. The van der Waals surface area contributed by atoms with Crippen LogP contribution in [-0.4, -0.2) is 34.0 Å². The van der Waals surface area contributed by atoms with E-state index >= 15 is 0 Å². The SMILES string of the molecule is COc1cc2c(c3[nH]c4ccc5ccccc5c4c(=O)c13)[C@@H](O)[C@@H](O)C(C)(C)O2. The Morgan fingerprint density at radius 2 is 1.86 bits per heavy atom. The number of aromatic nitrogens is 1. The van der Waals surface area contributed by atoms with E-state index in [1.54, 1.807) is 19.9 Å². The summed E-state index contributed by atoms with van der Waals surface area (Å²) in [5.74, 6) is 0.738. The molecule has 0 radical (unpaired) electrons. The fraction of sp³-hybridized carbons (Fsp3) is 0.261. The molecule has 5 rings (SSSR count). The van der Waals surface area contributed by atoms with E-state index in [1.165, 1.54) is 7.11 Å². The largest absolute Gasteiger partial charge is 0.496 e. The Kier molecular flexibility index (Phi) is 3.69. The van der Waals surface area contributed by atoms with Gasteiger partial charge in [0.15, 0.2) is 0 Å². The zero-order valence-electron chi connectivity index (χ0n) is 16.3. The lowest BCUT2D eigenvalue weighted by molar-refractivity contribution is -0.111. The Balaban J connectivity index is 1.98. The standard InChI is InChI=1S/C23H21NO5/c1-23(2)22(27)21(26)18-15(29-23)10-14(28-3)17-19(18)24-13-9-8-11-6-4-5-7-12(11)16(13)20(17)25/h4-10,21-22,26-27H,1-3H3,(H,24,25)/t21-,22-/m1/s1. The summed E-state index contributed by atoms with van der Waals surface area (Å²) in [6, 6.07) is 13.1. The van der Waals surface area contributed by atoms with Crippen LogP contribution >= 0.6 is 0 Å². The van der Waals surface area contributed by atoms with Gasteiger partial charge in [-0.25, -0.2) is 0 Å². The summed E-state index contributed by atoms with van der Waals surface area (Å²) in [6.45, 7) is 3.41. The molecule has 0 aliphatic carbocycles. The highest BCUT2D eigenvalue weighted by molar-refractivity contribution is 6.10. The molecule has 148 valence electrons. The van der Waals surface area contributed by atoms with E-state index in [0.29, 0.717) is 38.9 Å². The van der Waals surface area contributed by atoms with Crippen LogP contribution in [0.25, 0.3) is 32.6 Å². The summed E-state index contributed by atoms with van der Waals surface area (Å²) in [5.41, 5.74) is 0.229. The lowest BCUT2D eigenvalue weighted by Gasteiger charge is -2.40. The van der Waals surface area contributed by atoms with Gasteiger partial charge in [-0.05, 0) is 30.7 Å². The second-order valence-electron chi connectivity index (χ2n) is 8.00. The first-order chi connectivity index (χ1) is 13.8. The van der Waals surface area contributed by atoms with Gasteiger partial charge in [0.1, 0.15) is 29.3 Å².